The van der Waals surface area contributed by atoms with Crippen LogP contribution in [-0.4, -0.2) is 102 Å². The summed E-state index contributed by atoms with van der Waals surface area (Å²) in [6.45, 7) is 2.90. The molecule has 0 bridgehead atoms. The van der Waals surface area contributed by atoms with Crippen LogP contribution in [0.3, 0.4) is 0 Å². The number of anilines is 1. The van der Waals surface area contributed by atoms with Crippen molar-refractivity contribution >= 4 is 98.6 Å². The molecule has 0 radical (unpaired) electrons. The van der Waals surface area contributed by atoms with Gasteiger partial charge in [0, 0.05) is 23.1 Å². The number of aryl methyl sites for hydroxylation is 1. The van der Waals surface area contributed by atoms with Gasteiger partial charge in [-0.1, -0.05) is 16.5 Å². The first-order valence-electron chi connectivity index (χ1n) is 12.4. The second-order valence-corrected chi connectivity index (χ2v) is 12.9. The standard InChI is InChI=1S/C24H26N6O7S3.Na.H/c1-24(2,22(35)36)37-28-15(12-9-39-23(25)26-12)18(31)27-16-19(32)30-17(21(33)34)11(8-38-20(16)30)7-29-10-40-14-6-4-3-5-13(14)29;;/h9-10,16,20H,3-8H2,1-2H3,(H4-,25,26,27,31,33,34,35,36);;/p+1/b28-15-;;/t16-,20-;;/m1../s1. The first-order valence-corrected chi connectivity index (χ1v) is 15.2. The molecule has 214 valence electrons. The molecule has 2 aliphatic heterocycles. The Morgan fingerprint density at radius 1 is 1.27 bits per heavy atom. The van der Waals surface area contributed by atoms with E-state index in [0.29, 0.717) is 17.9 Å². The minimum atomic E-state index is -1.74. The van der Waals surface area contributed by atoms with Gasteiger partial charge in [-0.15, -0.1) is 23.1 Å². The molecular formula is C24H28N6NaO7S3+. The van der Waals surface area contributed by atoms with Gasteiger partial charge in [0.15, 0.2) is 23.1 Å². The Morgan fingerprint density at radius 2 is 2.00 bits per heavy atom. The van der Waals surface area contributed by atoms with Crippen molar-refractivity contribution < 1.29 is 38.8 Å². The number of nitrogens with one attached hydrogen (secondary N) is 1. The summed E-state index contributed by atoms with van der Waals surface area (Å²) < 4.78 is 2.09. The topological polar surface area (TPSA) is 188 Å². The Bertz CT molecular complexity index is 1470. The fourth-order valence-electron chi connectivity index (χ4n) is 4.64. The molecule has 1 aliphatic carbocycles. The van der Waals surface area contributed by atoms with Crippen LogP contribution < -0.4 is 15.6 Å². The van der Waals surface area contributed by atoms with Crippen LogP contribution in [0.1, 0.15) is 43.0 Å². The Hall–Kier alpha value is -2.50. The van der Waals surface area contributed by atoms with Crippen molar-refractivity contribution in [3.8, 4) is 0 Å². The van der Waals surface area contributed by atoms with Gasteiger partial charge in [-0.2, -0.15) is 4.57 Å². The van der Waals surface area contributed by atoms with E-state index in [0.717, 1.165) is 37.0 Å². The molecule has 5 N–H and O–H groups in total. The van der Waals surface area contributed by atoms with Crippen LogP contribution in [0.15, 0.2) is 27.3 Å². The van der Waals surface area contributed by atoms with Crippen LogP contribution in [0.5, 0.6) is 0 Å². The number of aliphatic carboxylic acids is 2. The maximum absolute atomic E-state index is 13.2. The second-order valence-electron chi connectivity index (χ2n) is 9.96. The predicted octanol–water partition coefficient (Wildman–Crippen LogP) is 0.327. The number of nitrogens with zero attached hydrogens (tertiary/aromatic N) is 4. The van der Waals surface area contributed by atoms with E-state index in [4.69, 9.17) is 10.6 Å². The number of carbonyl (C=O) groups excluding carboxylic acids is 2. The normalized spacial score (nSPS) is 20.4. The molecule has 0 unspecified atom stereocenters. The van der Waals surface area contributed by atoms with Crippen molar-refractivity contribution in [2.24, 2.45) is 5.16 Å². The summed E-state index contributed by atoms with van der Waals surface area (Å²) in [5.41, 5.74) is 7.45. The van der Waals surface area contributed by atoms with Gasteiger partial charge in [0.05, 0.1) is 4.88 Å². The molecule has 1 fully saturated rings. The van der Waals surface area contributed by atoms with Gasteiger partial charge in [-0.05, 0) is 33.1 Å². The molecule has 5 rings (SSSR count). The van der Waals surface area contributed by atoms with E-state index in [-0.39, 0.29) is 51.8 Å². The SMILES string of the molecule is CC(C)(O/N=C(\C(=O)N[C@@H]1C(=O)N2C(C(=O)O)=C(C[n+]3csc4c3CCCC4)CS[C@H]12)c1csc(N)n1)C(=O)O.[NaH]. The molecule has 3 aliphatic rings. The van der Waals surface area contributed by atoms with E-state index in [2.05, 4.69) is 20.0 Å². The number of aromatic nitrogens is 2. The fourth-order valence-corrected chi connectivity index (χ4v) is 7.59. The summed E-state index contributed by atoms with van der Waals surface area (Å²) in [6, 6.07) is -1.02. The quantitative estimate of drug-likeness (QED) is 0.0987. The summed E-state index contributed by atoms with van der Waals surface area (Å²) in [4.78, 5) is 61.9. The molecule has 17 heteroatoms. The number of carboxylic acids is 2. The predicted molar refractivity (Wildman–Crippen MR) is 154 cm³/mol. The number of hydrogen-bond acceptors (Lipinski definition) is 11. The number of carboxylic acid groups (broad SMARTS) is 2. The summed E-state index contributed by atoms with van der Waals surface area (Å²) in [7, 11) is 0. The summed E-state index contributed by atoms with van der Waals surface area (Å²) in [6.07, 6.45) is 4.21. The van der Waals surface area contributed by atoms with Crippen LogP contribution in [0.2, 0.25) is 0 Å². The molecule has 41 heavy (non-hydrogen) atoms. The van der Waals surface area contributed by atoms with E-state index in [1.54, 1.807) is 11.3 Å². The minimum absolute atomic E-state index is 0. The molecule has 0 spiro atoms. The number of oxime groups is 1. The van der Waals surface area contributed by atoms with Gasteiger partial charge in [-0.25, -0.2) is 14.6 Å². The van der Waals surface area contributed by atoms with Gasteiger partial charge in [-0.3, -0.25) is 14.5 Å². The third kappa shape index (κ3) is 6.17. The summed E-state index contributed by atoms with van der Waals surface area (Å²) in [5.74, 6) is -3.53. The molecule has 4 heterocycles. The van der Waals surface area contributed by atoms with E-state index >= 15 is 0 Å². The Balaban J connectivity index is 0.00000387. The van der Waals surface area contributed by atoms with Gasteiger partial charge >= 0.3 is 41.5 Å². The number of amides is 2. The average molecular weight is 632 g/mol. The van der Waals surface area contributed by atoms with Crippen molar-refractivity contribution in [2.75, 3.05) is 11.5 Å². The Morgan fingerprint density at radius 3 is 2.66 bits per heavy atom. The molecule has 1 saturated heterocycles. The Kier molecular flexibility index (Phi) is 9.50. The average Bonchev–Trinajstić information content (AvgIpc) is 3.53. The van der Waals surface area contributed by atoms with Gasteiger partial charge in [0.1, 0.15) is 22.8 Å². The number of β-lactam (4-membered cyclic amide) rings is 1. The number of nitrogens with two attached hydrogens (primary N) is 1. The molecule has 2 amide bonds. The van der Waals surface area contributed by atoms with Crippen LogP contribution in [-0.2, 0) is 43.4 Å². The number of thioether (sulfide) groups is 1. The molecule has 0 saturated carbocycles. The zero-order chi connectivity index (χ0) is 28.8. The van der Waals surface area contributed by atoms with Crippen molar-refractivity contribution in [2.45, 2.75) is 63.1 Å². The zero-order valence-corrected chi connectivity index (χ0v) is 24.0. The first kappa shape index (κ1) is 31.4. The van der Waals surface area contributed by atoms with Gasteiger partial charge in [0.25, 0.3) is 11.8 Å². The molecule has 0 aromatic carbocycles. The third-order valence-corrected chi connectivity index (χ3v) is 9.91. The van der Waals surface area contributed by atoms with Gasteiger partial charge in [0.2, 0.25) is 11.1 Å². The molecule has 13 nitrogen and oxygen atoms in total. The van der Waals surface area contributed by atoms with E-state index in [9.17, 15) is 29.4 Å². The van der Waals surface area contributed by atoms with E-state index in [1.165, 1.54) is 46.5 Å². The third-order valence-electron chi connectivity index (χ3n) is 6.82. The van der Waals surface area contributed by atoms with Crippen molar-refractivity contribution in [1.82, 2.24) is 15.2 Å². The molecule has 2 atom stereocenters. The number of nitrogen functional groups attached to an aromatic ring is 1. The number of fused-ring (bicyclic) bond motifs is 2. The number of carbonyl (C=O) groups is 4. The van der Waals surface area contributed by atoms with E-state index in [1.807, 2.05) is 5.51 Å². The first-order chi connectivity index (χ1) is 19.0. The second kappa shape index (κ2) is 12.4. The Labute approximate surface area is 269 Å². The van der Waals surface area contributed by atoms with Gasteiger partial charge < -0.3 is 26.1 Å². The summed E-state index contributed by atoms with van der Waals surface area (Å²) >= 11 is 4.08. The van der Waals surface area contributed by atoms with Crippen LogP contribution >= 0.6 is 34.4 Å². The fraction of sp³-hybridized carbons (Fsp3) is 0.458. The van der Waals surface area contributed by atoms with Crippen molar-refractivity contribution in [1.29, 1.82) is 0 Å². The molecule has 2 aromatic rings. The van der Waals surface area contributed by atoms with E-state index < -0.39 is 40.8 Å². The number of rotatable bonds is 9. The van der Waals surface area contributed by atoms with Crippen LogP contribution in [0, 0.1) is 0 Å². The van der Waals surface area contributed by atoms with Crippen molar-refractivity contribution in [3.05, 3.63) is 38.4 Å². The number of hydrogen-bond donors (Lipinski definition) is 4. The van der Waals surface area contributed by atoms with Crippen molar-refractivity contribution in [3.63, 3.8) is 0 Å². The summed E-state index contributed by atoms with van der Waals surface area (Å²) in [5, 5.41) is 26.7. The number of thiazole rings is 2. The monoisotopic (exact) mass is 631 g/mol. The molecular weight excluding hydrogens is 603 g/mol. The van der Waals surface area contributed by atoms with Crippen LogP contribution in [0.25, 0.3) is 0 Å². The molecule has 2 aromatic heterocycles. The maximum atomic E-state index is 13.2. The van der Waals surface area contributed by atoms with Crippen LogP contribution in [0.4, 0.5) is 5.13 Å². The zero-order valence-electron chi connectivity index (χ0n) is 21.6.